The Morgan fingerprint density at radius 3 is 2.47 bits per heavy atom. The third kappa shape index (κ3) is 4.76. The molecule has 2 unspecified atom stereocenters. The van der Waals surface area contributed by atoms with Gasteiger partial charge in [-0.3, -0.25) is 0 Å². The van der Waals surface area contributed by atoms with Crippen molar-refractivity contribution in [2.75, 3.05) is 13.2 Å². The molecule has 0 saturated carbocycles. The highest BCUT2D eigenvalue weighted by Gasteiger charge is 2.14. The number of hydrogen-bond donors (Lipinski definition) is 3. The van der Waals surface area contributed by atoms with E-state index in [1.54, 1.807) is 0 Å². The van der Waals surface area contributed by atoms with Gasteiger partial charge < -0.3 is 16.2 Å². The van der Waals surface area contributed by atoms with Crippen LogP contribution in [0, 0.1) is 0 Å². The van der Waals surface area contributed by atoms with Gasteiger partial charge in [0.1, 0.15) is 0 Å². The molecular formula is C13H21BrN2O. The second kappa shape index (κ2) is 7.82. The zero-order valence-electron chi connectivity index (χ0n) is 10.2. The summed E-state index contributed by atoms with van der Waals surface area (Å²) in [5, 5.41) is 12.5. The van der Waals surface area contributed by atoms with Gasteiger partial charge in [0.15, 0.2) is 0 Å². The Morgan fingerprint density at radius 1 is 1.35 bits per heavy atom. The largest absolute Gasteiger partial charge is 0.396 e. The van der Waals surface area contributed by atoms with Gasteiger partial charge in [-0.15, -0.1) is 0 Å². The number of nitrogens with two attached hydrogens (primary N) is 1. The van der Waals surface area contributed by atoms with Crippen molar-refractivity contribution in [2.24, 2.45) is 5.73 Å². The van der Waals surface area contributed by atoms with Crippen molar-refractivity contribution in [1.82, 2.24) is 5.32 Å². The fourth-order valence-corrected chi connectivity index (χ4v) is 2.11. The lowest BCUT2D eigenvalue weighted by molar-refractivity contribution is 0.256. The van der Waals surface area contributed by atoms with Crippen LogP contribution in [0.2, 0.25) is 0 Å². The summed E-state index contributed by atoms with van der Waals surface area (Å²) < 4.78 is 1.07. The number of rotatable bonds is 7. The van der Waals surface area contributed by atoms with E-state index < -0.39 is 0 Å². The van der Waals surface area contributed by atoms with E-state index in [1.165, 1.54) is 5.56 Å². The SMILES string of the molecule is CCC(CCO)NC(CN)c1ccc(Br)cc1. The molecule has 0 spiro atoms. The van der Waals surface area contributed by atoms with Gasteiger partial charge in [0, 0.05) is 29.7 Å². The third-order valence-corrected chi connectivity index (χ3v) is 3.44. The molecule has 1 rings (SSSR count). The summed E-state index contributed by atoms with van der Waals surface area (Å²) in [4.78, 5) is 0. The van der Waals surface area contributed by atoms with Crippen molar-refractivity contribution in [3.05, 3.63) is 34.3 Å². The molecule has 0 aliphatic heterocycles. The third-order valence-electron chi connectivity index (χ3n) is 2.92. The van der Waals surface area contributed by atoms with E-state index in [9.17, 15) is 0 Å². The number of benzene rings is 1. The Balaban J connectivity index is 2.67. The summed E-state index contributed by atoms with van der Waals surface area (Å²) in [6.07, 6.45) is 1.76. The fraction of sp³-hybridized carbons (Fsp3) is 0.538. The normalized spacial score (nSPS) is 14.6. The lowest BCUT2D eigenvalue weighted by Gasteiger charge is -2.24. The number of aliphatic hydroxyl groups is 1. The summed E-state index contributed by atoms with van der Waals surface area (Å²) in [6.45, 7) is 2.88. The van der Waals surface area contributed by atoms with E-state index in [0.29, 0.717) is 12.6 Å². The zero-order chi connectivity index (χ0) is 12.7. The molecule has 1 aromatic rings. The molecule has 4 N–H and O–H groups in total. The number of aliphatic hydroxyl groups excluding tert-OH is 1. The van der Waals surface area contributed by atoms with Crippen molar-refractivity contribution in [3.63, 3.8) is 0 Å². The van der Waals surface area contributed by atoms with E-state index in [2.05, 4.69) is 40.3 Å². The van der Waals surface area contributed by atoms with Crippen LogP contribution in [0.3, 0.4) is 0 Å². The molecule has 0 amide bonds. The number of nitrogens with one attached hydrogen (secondary N) is 1. The number of halogens is 1. The predicted molar refractivity (Wildman–Crippen MR) is 74.9 cm³/mol. The molecule has 0 aliphatic carbocycles. The standard InChI is InChI=1S/C13H21BrN2O/c1-2-12(7-8-17)16-13(9-15)10-3-5-11(14)6-4-10/h3-6,12-13,16-17H,2,7-9,15H2,1H3. The molecule has 0 bridgehead atoms. The van der Waals surface area contributed by atoms with E-state index >= 15 is 0 Å². The smallest absolute Gasteiger partial charge is 0.0446 e. The van der Waals surface area contributed by atoms with Crippen LogP contribution in [-0.2, 0) is 0 Å². The van der Waals surface area contributed by atoms with Gasteiger partial charge in [0.2, 0.25) is 0 Å². The molecule has 1 aromatic carbocycles. The first kappa shape index (κ1) is 14.6. The lowest BCUT2D eigenvalue weighted by Crippen LogP contribution is -2.37. The van der Waals surface area contributed by atoms with Crippen LogP contribution in [0.5, 0.6) is 0 Å². The van der Waals surface area contributed by atoms with E-state index in [0.717, 1.165) is 17.3 Å². The maximum atomic E-state index is 8.98. The molecule has 17 heavy (non-hydrogen) atoms. The summed E-state index contributed by atoms with van der Waals surface area (Å²) in [5.41, 5.74) is 6.99. The Kier molecular flexibility index (Phi) is 6.73. The predicted octanol–water partition coefficient (Wildman–Crippen LogP) is 2.20. The van der Waals surface area contributed by atoms with Gasteiger partial charge in [-0.1, -0.05) is 35.0 Å². The van der Waals surface area contributed by atoms with Crippen LogP contribution in [0.15, 0.2) is 28.7 Å². The van der Waals surface area contributed by atoms with Gasteiger partial charge >= 0.3 is 0 Å². The topological polar surface area (TPSA) is 58.3 Å². The van der Waals surface area contributed by atoms with E-state index in [4.69, 9.17) is 10.8 Å². The second-order valence-electron chi connectivity index (χ2n) is 4.12. The lowest BCUT2D eigenvalue weighted by atomic mass is 10.0. The minimum atomic E-state index is 0.152. The van der Waals surface area contributed by atoms with Crippen LogP contribution in [0.4, 0.5) is 0 Å². The Labute approximate surface area is 112 Å². The molecule has 0 aliphatic rings. The number of hydrogen-bond acceptors (Lipinski definition) is 3. The molecule has 3 nitrogen and oxygen atoms in total. The van der Waals surface area contributed by atoms with Gasteiger partial charge in [-0.25, -0.2) is 0 Å². The van der Waals surface area contributed by atoms with Crippen molar-refractivity contribution in [2.45, 2.75) is 31.8 Å². The Hall–Kier alpha value is -0.420. The first-order chi connectivity index (χ1) is 8.21. The molecule has 0 saturated heterocycles. The highest BCUT2D eigenvalue weighted by atomic mass is 79.9. The molecular weight excluding hydrogens is 280 g/mol. The highest BCUT2D eigenvalue weighted by Crippen LogP contribution is 2.17. The summed E-state index contributed by atoms with van der Waals surface area (Å²) in [7, 11) is 0. The summed E-state index contributed by atoms with van der Waals surface area (Å²) >= 11 is 3.42. The van der Waals surface area contributed by atoms with Crippen LogP contribution < -0.4 is 11.1 Å². The first-order valence-electron chi connectivity index (χ1n) is 6.03. The van der Waals surface area contributed by atoms with Crippen LogP contribution in [0.1, 0.15) is 31.4 Å². The molecule has 0 aromatic heterocycles. The maximum Gasteiger partial charge on any atom is 0.0446 e. The van der Waals surface area contributed by atoms with E-state index in [-0.39, 0.29) is 12.6 Å². The van der Waals surface area contributed by atoms with Crippen molar-refractivity contribution >= 4 is 15.9 Å². The average molecular weight is 301 g/mol. The van der Waals surface area contributed by atoms with E-state index in [1.807, 2.05) is 12.1 Å². The van der Waals surface area contributed by atoms with Crippen molar-refractivity contribution in [3.8, 4) is 0 Å². The summed E-state index contributed by atoms with van der Waals surface area (Å²) in [5.74, 6) is 0. The average Bonchev–Trinajstić information content (AvgIpc) is 2.36. The zero-order valence-corrected chi connectivity index (χ0v) is 11.8. The van der Waals surface area contributed by atoms with Crippen LogP contribution >= 0.6 is 15.9 Å². The van der Waals surface area contributed by atoms with Gasteiger partial charge in [0.05, 0.1) is 0 Å². The second-order valence-corrected chi connectivity index (χ2v) is 5.04. The van der Waals surface area contributed by atoms with Crippen LogP contribution in [0.25, 0.3) is 0 Å². The van der Waals surface area contributed by atoms with Gasteiger partial charge in [-0.05, 0) is 30.5 Å². The Bertz CT molecular complexity index is 316. The highest BCUT2D eigenvalue weighted by molar-refractivity contribution is 9.10. The molecule has 0 fully saturated rings. The monoisotopic (exact) mass is 300 g/mol. The summed E-state index contributed by atoms with van der Waals surface area (Å²) in [6, 6.07) is 8.65. The molecule has 2 atom stereocenters. The quantitative estimate of drug-likeness (QED) is 0.723. The molecule has 0 heterocycles. The van der Waals surface area contributed by atoms with Gasteiger partial charge in [-0.2, -0.15) is 0 Å². The Morgan fingerprint density at radius 2 is 2.00 bits per heavy atom. The van der Waals surface area contributed by atoms with Gasteiger partial charge in [0.25, 0.3) is 0 Å². The van der Waals surface area contributed by atoms with Crippen molar-refractivity contribution < 1.29 is 5.11 Å². The first-order valence-corrected chi connectivity index (χ1v) is 6.83. The molecule has 4 heteroatoms. The van der Waals surface area contributed by atoms with Crippen molar-refractivity contribution in [1.29, 1.82) is 0 Å². The molecule has 96 valence electrons. The minimum Gasteiger partial charge on any atom is -0.396 e. The fourth-order valence-electron chi connectivity index (χ4n) is 1.84. The maximum absolute atomic E-state index is 8.98. The van der Waals surface area contributed by atoms with Crippen LogP contribution in [-0.4, -0.2) is 24.3 Å². The molecule has 0 radical (unpaired) electrons. The minimum absolute atomic E-state index is 0.152.